The zero-order chi connectivity index (χ0) is 10.8. The van der Waals surface area contributed by atoms with Gasteiger partial charge in [0.1, 0.15) is 5.52 Å². The van der Waals surface area contributed by atoms with Crippen molar-refractivity contribution in [2.45, 2.75) is 6.61 Å². The lowest BCUT2D eigenvalue weighted by Gasteiger charge is -1.93. The van der Waals surface area contributed by atoms with Crippen LogP contribution in [0.4, 0.5) is 0 Å². The van der Waals surface area contributed by atoms with E-state index in [4.69, 9.17) is 21.1 Å². The molecule has 0 aliphatic carbocycles. The highest BCUT2D eigenvalue weighted by molar-refractivity contribution is 6.29. The molecule has 0 unspecified atom stereocenters. The molecule has 0 radical (unpaired) electrons. The number of hydrogen-bond acceptors (Lipinski definition) is 4. The predicted octanol–water partition coefficient (Wildman–Crippen LogP) is 1.74. The number of halogens is 1. The zero-order valence-corrected chi connectivity index (χ0v) is 8.49. The fourth-order valence-electron chi connectivity index (χ4n) is 1.31. The normalized spacial score (nSPS) is 10.8. The summed E-state index contributed by atoms with van der Waals surface area (Å²) in [4.78, 5) is 15.2. The SMILES string of the molecule is O=C(CCl)c1nc2c(CO)cccc2o1. The van der Waals surface area contributed by atoms with Crippen molar-refractivity contribution in [3.05, 3.63) is 29.7 Å². The third-order valence-electron chi connectivity index (χ3n) is 2.03. The second kappa shape index (κ2) is 4.00. The molecular weight excluding hydrogens is 218 g/mol. The lowest BCUT2D eigenvalue weighted by molar-refractivity contribution is 0.0986. The molecule has 0 atom stereocenters. The molecule has 2 aromatic rings. The van der Waals surface area contributed by atoms with E-state index in [1.165, 1.54) is 0 Å². The summed E-state index contributed by atoms with van der Waals surface area (Å²) in [5.41, 5.74) is 1.62. The number of para-hydroxylation sites is 1. The van der Waals surface area contributed by atoms with Crippen molar-refractivity contribution < 1.29 is 14.3 Å². The highest BCUT2D eigenvalue weighted by Crippen LogP contribution is 2.19. The molecule has 1 N–H and O–H groups in total. The van der Waals surface area contributed by atoms with Gasteiger partial charge in [0.25, 0.3) is 5.89 Å². The number of fused-ring (bicyclic) bond motifs is 1. The molecule has 2 rings (SSSR count). The minimum absolute atomic E-state index is 0.0131. The maximum absolute atomic E-state index is 11.2. The first-order valence-corrected chi connectivity index (χ1v) is 4.88. The monoisotopic (exact) mass is 225 g/mol. The maximum atomic E-state index is 11.2. The van der Waals surface area contributed by atoms with Crippen molar-refractivity contribution >= 4 is 28.5 Å². The maximum Gasteiger partial charge on any atom is 0.265 e. The standard InChI is InChI=1S/C10H8ClNO3/c11-4-7(14)10-12-9-6(5-13)2-1-3-8(9)15-10/h1-3,13H,4-5H2. The smallest absolute Gasteiger partial charge is 0.265 e. The largest absolute Gasteiger partial charge is 0.434 e. The predicted molar refractivity (Wildman–Crippen MR) is 55.0 cm³/mol. The first-order valence-electron chi connectivity index (χ1n) is 4.34. The molecule has 78 valence electrons. The highest BCUT2D eigenvalue weighted by Gasteiger charge is 2.14. The quantitative estimate of drug-likeness (QED) is 0.639. The van der Waals surface area contributed by atoms with Gasteiger partial charge in [0.15, 0.2) is 5.58 Å². The molecule has 0 aliphatic heterocycles. The Morgan fingerprint density at radius 3 is 3.00 bits per heavy atom. The van der Waals surface area contributed by atoms with Crippen LogP contribution in [0.5, 0.6) is 0 Å². The Balaban J connectivity index is 2.60. The van der Waals surface area contributed by atoms with Crippen molar-refractivity contribution in [3.8, 4) is 0 Å². The van der Waals surface area contributed by atoms with Crippen molar-refractivity contribution in [3.63, 3.8) is 0 Å². The number of aliphatic hydroxyl groups is 1. The molecule has 4 nitrogen and oxygen atoms in total. The molecule has 5 heteroatoms. The van der Waals surface area contributed by atoms with Gasteiger partial charge >= 0.3 is 0 Å². The number of aliphatic hydroxyl groups excluding tert-OH is 1. The second-order valence-electron chi connectivity index (χ2n) is 3.00. The van der Waals surface area contributed by atoms with Gasteiger partial charge in [-0.2, -0.15) is 0 Å². The van der Waals surface area contributed by atoms with E-state index in [1.54, 1.807) is 18.2 Å². The molecule has 0 saturated heterocycles. The number of ketones is 1. The lowest BCUT2D eigenvalue weighted by Crippen LogP contribution is -1.99. The number of carbonyl (C=O) groups is 1. The van der Waals surface area contributed by atoms with E-state index in [2.05, 4.69) is 4.98 Å². The van der Waals surface area contributed by atoms with Gasteiger partial charge in [0.05, 0.1) is 12.5 Å². The Morgan fingerprint density at radius 2 is 2.33 bits per heavy atom. The number of nitrogens with zero attached hydrogens (tertiary/aromatic N) is 1. The van der Waals surface area contributed by atoms with Gasteiger partial charge in [-0.1, -0.05) is 12.1 Å². The van der Waals surface area contributed by atoms with Crippen LogP contribution in [0.2, 0.25) is 0 Å². The summed E-state index contributed by atoms with van der Waals surface area (Å²) in [5, 5.41) is 9.05. The first-order chi connectivity index (χ1) is 7.26. The second-order valence-corrected chi connectivity index (χ2v) is 3.27. The number of benzene rings is 1. The van der Waals surface area contributed by atoms with Crippen LogP contribution in [0.1, 0.15) is 16.2 Å². The van der Waals surface area contributed by atoms with Gasteiger partial charge in [-0.25, -0.2) is 4.98 Å². The van der Waals surface area contributed by atoms with Gasteiger partial charge in [-0.15, -0.1) is 11.6 Å². The van der Waals surface area contributed by atoms with Crippen LogP contribution in [0.15, 0.2) is 22.6 Å². The van der Waals surface area contributed by atoms with Gasteiger partial charge in [-0.05, 0) is 6.07 Å². The third kappa shape index (κ3) is 1.73. The molecule has 0 bridgehead atoms. The van der Waals surface area contributed by atoms with Crippen LogP contribution in [-0.4, -0.2) is 21.8 Å². The Morgan fingerprint density at radius 1 is 1.53 bits per heavy atom. The third-order valence-corrected chi connectivity index (χ3v) is 2.28. The van der Waals surface area contributed by atoms with Crippen LogP contribution in [0, 0.1) is 0 Å². The van der Waals surface area contributed by atoms with Gasteiger partial charge < -0.3 is 9.52 Å². The Kier molecular flexibility index (Phi) is 2.70. The molecule has 0 saturated carbocycles. The van der Waals surface area contributed by atoms with Crippen LogP contribution < -0.4 is 0 Å². The van der Waals surface area contributed by atoms with Crippen molar-refractivity contribution in [2.75, 3.05) is 5.88 Å². The number of alkyl halides is 1. The van der Waals surface area contributed by atoms with Gasteiger partial charge in [0, 0.05) is 5.56 Å². The summed E-state index contributed by atoms with van der Waals surface area (Å²) >= 11 is 5.39. The van der Waals surface area contributed by atoms with Crippen LogP contribution in [0.25, 0.3) is 11.1 Å². The van der Waals surface area contributed by atoms with Crippen LogP contribution >= 0.6 is 11.6 Å². The zero-order valence-electron chi connectivity index (χ0n) is 7.74. The summed E-state index contributed by atoms with van der Waals surface area (Å²) in [6.45, 7) is -0.140. The molecule has 1 aromatic carbocycles. The average molecular weight is 226 g/mol. The van der Waals surface area contributed by atoms with E-state index >= 15 is 0 Å². The van der Waals surface area contributed by atoms with Crippen molar-refractivity contribution in [1.29, 1.82) is 0 Å². The Labute approximate surface area is 90.5 Å². The van der Waals surface area contributed by atoms with Crippen molar-refractivity contribution in [2.24, 2.45) is 0 Å². The molecular formula is C10H8ClNO3. The number of rotatable bonds is 3. The molecule has 0 aliphatic rings. The topological polar surface area (TPSA) is 63.3 Å². The Hall–Kier alpha value is -1.39. The van der Waals surface area contributed by atoms with Gasteiger partial charge in [0.2, 0.25) is 5.78 Å². The minimum Gasteiger partial charge on any atom is -0.434 e. The fourth-order valence-corrected chi connectivity index (χ4v) is 1.42. The first kappa shape index (κ1) is 10.1. The van der Waals surface area contributed by atoms with E-state index in [0.717, 1.165) is 0 Å². The average Bonchev–Trinajstić information content (AvgIpc) is 2.71. The molecule has 15 heavy (non-hydrogen) atoms. The fraction of sp³-hybridized carbons (Fsp3) is 0.200. The van der Waals surface area contributed by atoms with E-state index in [0.29, 0.717) is 16.7 Å². The molecule has 1 heterocycles. The van der Waals surface area contributed by atoms with E-state index in [1.807, 2.05) is 0 Å². The number of Topliss-reactive ketones (excluding diaryl/α,β-unsaturated/α-hetero) is 1. The number of hydrogen-bond donors (Lipinski definition) is 1. The van der Waals surface area contributed by atoms with E-state index in [9.17, 15) is 4.79 Å². The summed E-state index contributed by atoms with van der Waals surface area (Å²) in [7, 11) is 0. The highest BCUT2D eigenvalue weighted by atomic mass is 35.5. The van der Waals surface area contributed by atoms with Crippen molar-refractivity contribution in [1.82, 2.24) is 4.98 Å². The Bertz CT molecular complexity index is 506. The molecule has 1 aromatic heterocycles. The minimum atomic E-state index is -0.364. The number of oxazole rings is 1. The molecule has 0 spiro atoms. The van der Waals surface area contributed by atoms with E-state index < -0.39 is 0 Å². The lowest BCUT2D eigenvalue weighted by atomic mass is 10.2. The summed E-state index contributed by atoms with van der Waals surface area (Å²) in [6.07, 6.45) is 0. The number of carbonyl (C=O) groups excluding carboxylic acids is 1. The summed E-state index contributed by atoms with van der Waals surface area (Å²) in [6, 6.07) is 5.14. The summed E-state index contributed by atoms with van der Waals surface area (Å²) < 4.78 is 5.21. The molecule has 0 amide bonds. The molecule has 0 fully saturated rings. The van der Waals surface area contributed by atoms with Crippen LogP contribution in [-0.2, 0) is 6.61 Å². The van der Waals surface area contributed by atoms with Gasteiger partial charge in [-0.3, -0.25) is 4.79 Å². The van der Waals surface area contributed by atoms with E-state index in [-0.39, 0.29) is 24.2 Å². The van der Waals surface area contributed by atoms with Crippen LogP contribution in [0.3, 0.4) is 0 Å². The number of aromatic nitrogens is 1. The summed E-state index contributed by atoms with van der Waals surface area (Å²) in [5.74, 6) is -0.543.